The Bertz CT molecular complexity index is 2080. The van der Waals surface area contributed by atoms with Crippen molar-refractivity contribution in [3.63, 3.8) is 0 Å². The Morgan fingerprint density at radius 1 is 0.729 bits per heavy atom. The summed E-state index contributed by atoms with van der Waals surface area (Å²) < 4.78 is 5.83. The maximum absolute atomic E-state index is 13.6. The van der Waals surface area contributed by atoms with Crippen LogP contribution in [0.4, 0.5) is 11.4 Å². The first-order valence-corrected chi connectivity index (χ1v) is 16.2. The third kappa shape index (κ3) is 8.20. The highest BCUT2D eigenvalue weighted by atomic mass is 32.2. The van der Waals surface area contributed by atoms with E-state index in [0.717, 1.165) is 27.1 Å². The molecule has 0 bridgehead atoms. The molecule has 0 radical (unpaired) electrons. The molecule has 6 rings (SSSR count). The molecule has 5 aromatic carbocycles. The van der Waals surface area contributed by atoms with Gasteiger partial charge in [-0.1, -0.05) is 60.7 Å². The van der Waals surface area contributed by atoms with E-state index >= 15 is 0 Å². The molecule has 0 fully saturated rings. The molecule has 0 saturated carbocycles. The van der Waals surface area contributed by atoms with Crippen molar-refractivity contribution in [2.45, 2.75) is 17.1 Å². The quantitative estimate of drug-likeness (QED) is 0.0829. The zero-order chi connectivity index (χ0) is 33.3. The number of carbonyl (C=O) groups is 3. The Balaban J connectivity index is 1.12. The fourth-order valence-corrected chi connectivity index (χ4v) is 5.82. The fraction of sp³-hybridized carbons (Fsp3) is 0.0513. The van der Waals surface area contributed by atoms with E-state index in [9.17, 15) is 14.4 Å². The number of aromatic nitrogens is 1. The number of H-pyrrole nitrogens is 1. The number of carbonyl (C=O) groups excluding carboxylic acids is 3. The molecule has 48 heavy (non-hydrogen) atoms. The van der Waals surface area contributed by atoms with Crippen LogP contribution in [0, 0.1) is 0 Å². The van der Waals surface area contributed by atoms with Gasteiger partial charge < -0.3 is 25.7 Å². The van der Waals surface area contributed by atoms with Gasteiger partial charge in [0.1, 0.15) is 17.2 Å². The number of hydrogen-bond acceptors (Lipinski definition) is 5. The lowest BCUT2D eigenvalue weighted by atomic mass is 10.1. The zero-order valence-corrected chi connectivity index (χ0v) is 26.8. The van der Waals surface area contributed by atoms with E-state index in [2.05, 4.69) is 20.9 Å². The van der Waals surface area contributed by atoms with Gasteiger partial charge in [-0.3, -0.25) is 14.4 Å². The molecule has 1 aromatic heterocycles. The fourth-order valence-electron chi connectivity index (χ4n) is 4.89. The number of fused-ring (bicyclic) bond motifs is 1. The maximum Gasteiger partial charge on any atom is 0.272 e. The van der Waals surface area contributed by atoms with E-state index in [4.69, 9.17) is 4.74 Å². The van der Waals surface area contributed by atoms with Crippen molar-refractivity contribution in [1.82, 2.24) is 10.3 Å². The van der Waals surface area contributed by atoms with Gasteiger partial charge in [-0.05, 0) is 85.8 Å². The van der Waals surface area contributed by atoms with Gasteiger partial charge in [0, 0.05) is 44.5 Å². The first kappa shape index (κ1) is 31.9. The zero-order valence-electron chi connectivity index (χ0n) is 26.0. The van der Waals surface area contributed by atoms with Crippen LogP contribution in [0.3, 0.4) is 0 Å². The van der Waals surface area contributed by atoms with Crippen LogP contribution in [0.2, 0.25) is 0 Å². The summed E-state index contributed by atoms with van der Waals surface area (Å²) in [5.74, 6) is 0.339. The van der Waals surface area contributed by atoms with Crippen LogP contribution in [0.25, 0.3) is 17.0 Å². The number of anilines is 2. The van der Waals surface area contributed by atoms with Crippen LogP contribution in [0.5, 0.6) is 11.5 Å². The second-order valence-corrected chi connectivity index (χ2v) is 12.3. The number of rotatable bonds is 11. The number of aromatic amines is 1. The molecule has 8 nitrogen and oxygen atoms in total. The van der Waals surface area contributed by atoms with Crippen molar-refractivity contribution >= 4 is 57.8 Å². The van der Waals surface area contributed by atoms with Crippen LogP contribution in [0.15, 0.2) is 150 Å². The number of nitrogens with one attached hydrogen (secondary N) is 4. The highest BCUT2D eigenvalue weighted by molar-refractivity contribution is 8.00. The lowest BCUT2D eigenvalue weighted by Gasteiger charge is -2.14. The van der Waals surface area contributed by atoms with Crippen molar-refractivity contribution < 1.29 is 19.1 Å². The van der Waals surface area contributed by atoms with Crippen LogP contribution in [-0.4, -0.2) is 28.0 Å². The molecule has 9 heteroatoms. The predicted octanol–water partition coefficient (Wildman–Crippen LogP) is 8.49. The van der Waals surface area contributed by atoms with E-state index in [1.165, 1.54) is 11.8 Å². The predicted molar refractivity (Wildman–Crippen MR) is 192 cm³/mol. The van der Waals surface area contributed by atoms with Crippen molar-refractivity contribution in [1.29, 1.82) is 0 Å². The summed E-state index contributed by atoms with van der Waals surface area (Å²) in [5.41, 5.74) is 3.35. The van der Waals surface area contributed by atoms with Gasteiger partial charge in [-0.15, -0.1) is 11.8 Å². The lowest BCUT2D eigenvalue weighted by Crippen LogP contribution is -2.30. The standard InChI is InChI=1S/C39H32N4O4S/c1-26(37(44)41-29-19-21-32(22-20-29)47-31-14-6-3-7-15-31)48-33-16-10-13-30(24-33)42-39(46)36(43-38(45)27-11-4-2-5-12-27)23-28-25-40-35-18-9-8-17-34(28)35/h2-26,40H,1H3,(H,41,44)(H,42,46)(H,43,45)/b36-23-. The van der Waals surface area contributed by atoms with Gasteiger partial charge in [0.25, 0.3) is 11.8 Å². The highest BCUT2D eigenvalue weighted by Gasteiger charge is 2.18. The molecule has 238 valence electrons. The first-order chi connectivity index (χ1) is 23.4. The van der Waals surface area contributed by atoms with Gasteiger partial charge in [-0.2, -0.15) is 0 Å². The minimum Gasteiger partial charge on any atom is -0.457 e. The molecule has 6 aromatic rings. The second kappa shape index (κ2) is 15.0. The van der Waals surface area contributed by atoms with Crippen molar-refractivity contribution in [3.8, 4) is 11.5 Å². The van der Waals surface area contributed by atoms with Gasteiger partial charge in [-0.25, -0.2) is 0 Å². The van der Waals surface area contributed by atoms with Crippen LogP contribution >= 0.6 is 11.8 Å². The van der Waals surface area contributed by atoms with Crippen LogP contribution in [0.1, 0.15) is 22.8 Å². The average Bonchev–Trinajstić information content (AvgIpc) is 3.52. The number of benzene rings is 5. The van der Waals surface area contributed by atoms with E-state index in [0.29, 0.717) is 22.7 Å². The summed E-state index contributed by atoms with van der Waals surface area (Å²) >= 11 is 1.36. The Labute approximate surface area is 282 Å². The summed E-state index contributed by atoms with van der Waals surface area (Å²) in [6, 6.07) is 40.3. The average molecular weight is 653 g/mol. The van der Waals surface area contributed by atoms with E-state index in [1.54, 1.807) is 79.0 Å². The molecule has 0 spiro atoms. The summed E-state index contributed by atoms with van der Waals surface area (Å²) in [4.78, 5) is 43.7. The molecular weight excluding hydrogens is 621 g/mol. The molecule has 1 unspecified atom stereocenters. The van der Waals surface area contributed by atoms with E-state index in [1.807, 2.05) is 73.7 Å². The van der Waals surface area contributed by atoms with E-state index in [-0.39, 0.29) is 11.6 Å². The minimum atomic E-state index is -0.489. The van der Waals surface area contributed by atoms with Gasteiger partial charge >= 0.3 is 0 Å². The van der Waals surface area contributed by atoms with Gasteiger partial charge in [0.05, 0.1) is 5.25 Å². The van der Waals surface area contributed by atoms with Crippen molar-refractivity contribution in [2.24, 2.45) is 0 Å². The third-order valence-electron chi connectivity index (χ3n) is 7.32. The first-order valence-electron chi connectivity index (χ1n) is 15.3. The maximum atomic E-state index is 13.6. The van der Waals surface area contributed by atoms with Gasteiger partial charge in [0.2, 0.25) is 5.91 Å². The topological polar surface area (TPSA) is 112 Å². The summed E-state index contributed by atoms with van der Waals surface area (Å²) in [7, 11) is 0. The molecule has 0 aliphatic heterocycles. The molecule has 1 heterocycles. The van der Waals surface area contributed by atoms with Gasteiger partial charge in [0.15, 0.2) is 0 Å². The lowest BCUT2D eigenvalue weighted by molar-refractivity contribution is -0.115. The molecule has 0 saturated heterocycles. The SMILES string of the molecule is CC(Sc1cccc(NC(=O)/C(=C/c2c[nH]c3ccccc23)NC(=O)c2ccccc2)c1)C(=O)Nc1ccc(Oc2ccccc2)cc1. The number of hydrogen-bond donors (Lipinski definition) is 4. The monoisotopic (exact) mass is 652 g/mol. The number of ether oxygens (including phenoxy) is 1. The normalized spacial score (nSPS) is 11.8. The molecule has 0 aliphatic rings. The molecule has 3 amide bonds. The number of amides is 3. The molecule has 1 atom stereocenters. The third-order valence-corrected chi connectivity index (χ3v) is 8.42. The van der Waals surface area contributed by atoms with Crippen LogP contribution in [-0.2, 0) is 9.59 Å². The number of thioether (sulfide) groups is 1. The highest BCUT2D eigenvalue weighted by Crippen LogP contribution is 2.28. The number of para-hydroxylation sites is 2. The smallest absolute Gasteiger partial charge is 0.272 e. The summed E-state index contributed by atoms with van der Waals surface area (Å²) in [6.07, 6.45) is 3.45. The molecular formula is C39H32N4O4S. The van der Waals surface area contributed by atoms with Crippen molar-refractivity contribution in [2.75, 3.05) is 10.6 Å². The Kier molecular flexibility index (Phi) is 9.98. The summed E-state index contributed by atoms with van der Waals surface area (Å²) in [6.45, 7) is 1.82. The van der Waals surface area contributed by atoms with E-state index < -0.39 is 17.1 Å². The van der Waals surface area contributed by atoms with Crippen LogP contribution < -0.4 is 20.7 Å². The van der Waals surface area contributed by atoms with Crippen molar-refractivity contribution in [3.05, 3.63) is 156 Å². The molecule has 4 N–H and O–H groups in total. The second-order valence-electron chi connectivity index (χ2n) is 10.8. The Hall–Kier alpha value is -6.06. The minimum absolute atomic E-state index is 0.0830. The Morgan fingerprint density at radius 2 is 1.42 bits per heavy atom. The largest absolute Gasteiger partial charge is 0.457 e. The molecule has 0 aliphatic carbocycles. The Morgan fingerprint density at radius 3 is 2.19 bits per heavy atom. The summed E-state index contributed by atoms with van der Waals surface area (Å²) in [5, 5.41) is 9.12.